The largest absolute Gasteiger partial charge is 0.493 e. The summed E-state index contributed by atoms with van der Waals surface area (Å²) in [4.78, 5) is 39.3. The minimum Gasteiger partial charge on any atom is -0.493 e. The van der Waals surface area contributed by atoms with Gasteiger partial charge in [-0.15, -0.1) is 0 Å². The number of methoxy groups -OCH3 is 3. The molecule has 0 saturated heterocycles. The topological polar surface area (TPSA) is 95.9 Å². The number of fused-ring (bicyclic) bond motifs is 1. The lowest BCUT2D eigenvalue weighted by Gasteiger charge is -2.27. The van der Waals surface area contributed by atoms with E-state index in [2.05, 4.69) is 12.2 Å². The molecule has 0 atom stereocenters. The molecule has 1 amide bonds. The van der Waals surface area contributed by atoms with Gasteiger partial charge in [0.15, 0.2) is 11.5 Å². The maximum atomic E-state index is 13.6. The molecule has 1 aliphatic carbocycles. The van der Waals surface area contributed by atoms with Crippen LogP contribution in [0.25, 0.3) is 10.9 Å². The third-order valence-electron chi connectivity index (χ3n) is 6.46. The highest BCUT2D eigenvalue weighted by Gasteiger charge is 2.44. The SMILES string of the molecule is CCCCCCn1c(=O)c(C(=O)NC2(C(=O)OC)CCCC2)cc2ccc(OC)c(OC)c21. The fraction of sp³-hybridized carbons (Fsp3) is 0.560. The van der Waals surface area contributed by atoms with Crippen molar-refractivity contribution in [2.24, 2.45) is 0 Å². The van der Waals surface area contributed by atoms with Crippen LogP contribution < -0.4 is 20.3 Å². The number of unbranched alkanes of at least 4 members (excludes halogenated alkanes) is 3. The average molecular weight is 459 g/mol. The number of aromatic nitrogens is 1. The van der Waals surface area contributed by atoms with Gasteiger partial charge in [-0.3, -0.25) is 9.59 Å². The maximum absolute atomic E-state index is 13.6. The monoisotopic (exact) mass is 458 g/mol. The zero-order valence-corrected chi connectivity index (χ0v) is 20.0. The normalized spacial score (nSPS) is 14.8. The van der Waals surface area contributed by atoms with Gasteiger partial charge in [-0.1, -0.05) is 39.0 Å². The number of hydrogen-bond donors (Lipinski definition) is 1. The molecule has 0 radical (unpaired) electrons. The Kier molecular flexibility index (Phi) is 8.00. The van der Waals surface area contributed by atoms with Gasteiger partial charge in [-0.2, -0.15) is 0 Å². The zero-order chi connectivity index (χ0) is 24.0. The van der Waals surface area contributed by atoms with E-state index in [0.717, 1.165) is 38.5 Å². The molecule has 1 N–H and O–H groups in total. The first-order chi connectivity index (χ1) is 15.9. The van der Waals surface area contributed by atoms with Gasteiger partial charge in [0, 0.05) is 11.9 Å². The summed E-state index contributed by atoms with van der Waals surface area (Å²) in [6.45, 7) is 2.57. The Morgan fingerprint density at radius 3 is 2.39 bits per heavy atom. The minimum absolute atomic E-state index is 0.000361. The van der Waals surface area contributed by atoms with Crippen molar-refractivity contribution >= 4 is 22.8 Å². The second-order valence-electron chi connectivity index (χ2n) is 8.55. The summed E-state index contributed by atoms with van der Waals surface area (Å²) < 4.78 is 17.6. The molecule has 3 rings (SSSR count). The number of ether oxygens (including phenoxy) is 3. The number of rotatable bonds is 10. The van der Waals surface area contributed by atoms with Crippen LogP contribution in [0.4, 0.5) is 0 Å². The minimum atomic E-state index is -1.09. The van der Waals surface area contributed by atoms with E-state index >= 15 is 0 Å². The van der Waals surface area contributed by atoms with E-state index in [1.165, 1.54) is 14.2 Å². The van der Waals surface area contributed by atoms with Gasteiger partial charge < -0.3 is 24.1 Å². The second kappa shape index (κ2) is 10.7. The van der Waals surface area contributed by atoms with Crippen molar-refractivity contribution < 1.29 is 23.8 Å². The molecule has 0 bridgehead atoms. The molecule has 1 saturated carbocycles. The number of pyridine rings is 1. The fourth-order valence-electron chi connectivity index (χ4n) is 4.70. The summed E-state index contributed by atoms with van der Waals surface area (Å²) >= 11 is 0. The number of nitrogens with zero attached hydrogens (tertiary/aromatic N) is 1. The van der Waals surface area contributed by atoms with Gasteiger partial charge in [0.2, 0.25) is 0 Å². The molecular weight excluding hydrogens is 424 g/mol. The van der Waals surface area contributed by atoms with Gasteiger partial charge in [0.05, 0.1) is 26.8 Å². The molecule has 33 heavy (non-hydrogen) atoms. The molecule has 1 aliphatic rings. The summed E-state index contributed by atoms with van der Waals surface area (Å²) in [5.74, 6) is -0.0670. The molecule has 8 heteroatoms. The number of aryl methyl sites for hydroxylation is 1. The Morgan fingerprint density at radius 1 is 1.06 bits per heavy atom. The van der Waals surface area contributed by atoms with Crippen molar-refractivity contribution in [2.75, 3.05) is 21.3 Å². The van der Waals surface area contributed by atoms with E-state index in [0.29, 0.717) is 41.8 Å². The molecule has 1 aromatic heterocycles. The fourth-order valence-corrected chi connectivity index (χ4v) is 4.70. The molecular formula is C25H34N2O6. The van der Waals surface area contributed by atoms with Crippen molar-refractivity contribution in [3.63, 3.8) is 0 Å². The molecule has 8 nitrogen and oxygen atoms in total. The Labute approximate surface area is 194 Å². The van der Waals surface area contributed by atoms with Crippen molar-refractivity contribution in [2.45, 2.75) is 70.4 Å². The Hall–Kier alpha value is -3.03. The van der Waals surface area contributed by atoms with Crippen LogP contribution in [-0.2, 0) is 16.1 Å². The predicted octanol–water partition coefficient (Wildman–Crippen LogP) is 3.81. The van der Waals surface area contributed by atoms with Gasteiger partial charge >= 0.3 is 5.97 Å². The van der Waals surface area contributed by atoms with Crippen molar-refractivity contribution in [3.05, 3.63) is 34.1 Å². The van der Waals surface area contributed by atoms with Crippen molar-refractivity contribution in [1.29, 1.82) is 0 Å². The van der Waals surface area contributed by atoms with Crippen molar-refractivity contribution in [1.82, 2.24) is 9.88 Å². The molecule has 2 aromatic rings. The lowest BCUT2D eigenvalue weighted by molar-refractivity contribution is -0.148. The molecule has 1 fully saturated rings. The van der Waals surface area contributed by atoms with Gasteiger partial charge in [-0.05, 0) is 37.5 Å². The number of esters is 1. The molecule has 1 aromatic carbocycles. The highest BCUT2D eigenvalue weighted by molar-refractivity contribution is 6.01. The standard InChI is InChI=1S/C25H34N2O6/c1-5-6-7-10-15-27-20-17(11-12-19(31-2)21(20)32-3)16-18(23(27)29)22(28)26-25(24(30)33-4)13-8-9-14-25/h11-12,16H,5-10,13-15H2,1-4H3,(H,26,28). The maximum Gasteiger partial charge on any atom is 0.331 e. The number of carbonyl (C=O) groups excluding carboxylic acids is 2. The summed E-state index contributed by atoms with van der Waals surface area (Å²) in [6, 6.07) is 5.13. The van der Waals surface area contributed by atoms with Crippen LogP contribution in [0.1, 0.15) is 68.6 Å². The summed E-state index contributed by atoms with van der Waals surface area (Å²) in [6.07, 6.45) is 6.51. The third-order valence-corrected chi connectivity index (χ3v) is 6.46. The number of nitrogens with one attached hydrogen (secondary N) is 1. The Bertz CT molecular complexity index is 1070. The molecule has 0 unspecified atom stereocenters. The highest BCUT2D eigenvalue weighted by atomic mass is 16.5. The van der Waals surface area contributed by atoms with E-state index in [1.54, 1.807) is 29.9 Å². The van der Waals surface area contributed by atoms with Crippen LogP contribution in [0, 0.1) is 0 Å². The van der Waals surface area contributed by atoms with Gasteiger partial charge in [0.25, 0.3) is 11.5 Å². The Balaban J connectivity index is 2.10. The van der Waals surface area contributed by atoms with Crippen LogP contribution >= 0.6 is 0 Å². The average Bonchev–Trinajstić information content (AvgIpc) is 3.30. The molecule has 0 aliphatic heterocycles. The van der Waals surface area contributed by atoms with E-state index in [-0.39, 0.29) is 5.56 Å². The summed E-state index contributed by atoms with van der Waals surface area (Å²) in [5, 5.41) is 3.52. The first-order valence-electron chi connectivity index (χ1n) is 11.6. The van der Waals surface area contributed by atoms with Gasteiger partial charge in [0.1, 0.15) is 11.1 Å². The van der Waals surface area contributed by atoms with Crippen molar-refractivity contribution in [3.8, 4) is 11.5 Å². The van der Waals surface area contributed by atoms with Gasteiger partial charge in [-0.25, -0.2) is 4.79 Å². The quantitative estimate of drug-likeness (QED) is 0.430. The van der Waals surface area contributed by atoms with Crippen LogP contribution in [0.2, 0.25) is 0 Å². The smallest absolute Gasteiger partial charge is 0.331 e. The number of hydrogen-bond acceptors (Lipinski definition) is 6. The lowest BCUT2D eigenvalue weighted by atomic mass is 9.97. The number of amides is 1. The first-order valence-corrected chi connectivity index (χ1v) is 11.6. The third kappa shape index (κ3) is 4.84. The number of carbonyl (C=O) groups is 2. The van der Waals surface area contributed by atoms with Crippen LogP contribution in [0.15, 0.2) is 23.0 Å². The molecule has 180 valence electrons. The lowest BCUT2D eigenvalue weighted by Crippen LogP contribution is -2.54. The Morgan fingerprint density at radius 2 is 1.79 bits per heavy atom. The molecule has 1 heterocycles. The first kappa shape index (κ1) is 24.6. The summed E-state index contributed by atoms with van der Waals surface area (Å²) in [7, 11) is 4.39. The zero-order valence-electron chi connectivity index (χ0n) is 20.0. The second-order valence-corrected chi connectivity index (χ2v) is 8.55. The van der Waals surface area contributed by atoms with E-state index < -0.39 is 23.0 Å². The summed E-state index contributed by atoms with van der Waals surface area (Å²) in [5.41, 5.74) is -0.906. The predicted molar refractivity (Wildman–Crippen MR) is 126 cm³/mol. The highest BCUT2D eigenvalue weighted by Crippen LogP contribution is 2.35. The van der Waals surface area contributed by atoms with E-state index in [9.17, 15) is 14.4 Å². The number of benzene rings is 1. The van der Waals surface area contributed by atoms with Crippen LogP contribution in [0.3, 0.4) is 0 Å². The molecule has 0 spiro atoms. The van der Waals surface area contributed by atoms with E-state index in [4.69, 9.17) is 14.2 Å². The van der Waals surface area contributed by atoms with Crippen LogP contribution in [-0.4, -0.2) is 43.3 Å². The van der Waals surface area contributed by atoms with Crippen LogP contribution in [0.5, 0.6) is 11.5 Å². The van der Waals surface area contributed by atoms with E-state index in [1.807, 2.05) is 0 Å².